The Labute approximate surface area is 224 Å². The van der Waals surface area contributed by atoms with Crippen molar-refractivity contribution >= 4 is 39.5 Å². The van der Waals surface area contributed by atoms with Gasteiger partial charge in [0.05, 0.1) is 11.1 Å². The van der Waals surface area contributed by atoms with E-state index in [1.54, 1.807) is 18.2 Å². The molecular weight excluding hydrogens is 584 g/mol. The molecule has 6 nitrogen and oxygen atoms in total. The zero-order chi connectivity index (χ0) is 28.3. The van der Waals surface area contributed by atoms with E-state index in [2.05, 4.69) is 27.3 Å². The number of alkyl halides is 3. The van der Waals surface area contributed by atoms with E-state index >= 15 is 4.39 Å². The molecule has 0 spiro atoms. The van der Waals surface area contributed by atoms with Gasteiger partial charge >= 0.3 is 18.1 Å². The second-order valence-electron chi connectivity index (χ2n) is 9.71. The van der Waals surface area contributed by atoms with E-state index in [1.165, 1.54) is 12.1 Å². The third-order valence-electron chi connectivity index (χ3n) is 5.90. The lowest BCUT2D eigenvalue weighted by Gasteiger charge is -2.37. The highest BCUT2D eigenvalue weighted by atomic mass is 79.9. The van der Waals surface area contributed by atoms with Crippen LogP contribution in [0.4, 0.5) is 17.6 Å². The second kappa shape index (κ2) is 11.4. The Kier molecular flexibility index (Phi) is 9.39. The molecule has 0 unspecified atom stereocenters. The summed E-state index contributed by atoms with van der Waals surface area (Å²) in [5, 5.41) is 30.7. The SMILES string of the molecule is CC(C)(C)C[C@@H]1N[C@@H](C(=O)O)[C@H](c2cccc(Cl)c2F)[C@@]1(C#N)c1ccc(Br)cc1.O=C(O)C(F)(F)F. The summed E-state index contributed by atoms with van der Waals surface area (Å²) in [5.41, 5.74) is -0.728. The van der Waals surface area contributed by atoms with E-state index in [9.17, 15) is 28.3 Å². The summed E-state index contributed by atoms with van der Waals surface area (Å²) in [7, 11) is 0. The molecule has 1 saturated heterocycles. The van der Waals surface area contributed by atoms with Crippen molar-refractivity contribution < 1.29 is 37.4 Å². The Bertz CT molecular complexity index is 1200. The number of nitriles is 1. The molecule has 0 saturated carbocycles. The number of hydrogen-bond donors (Lipinski definition) is 3. The summed E-state index contributed by atoms with van der Waals surface area (Å²) in [4.78, 5) is 21.1. The average molecular weight is 608 g/mol. The summed E-state index contributed by atoms with van der Waals surface area (Å²) in [6.07, 6.45) is -4.56. The molecule has 3 rings (SSSR count). The largest absolute Gasteiger partial charge is 0.490 e. The van der Waals surface area contributed by atoms with Crippen LogP contribution in [0, 0.1) is 22.6 Å². The highest BCUT2D eigenvalue weighted by molar-refractivity contribution is 9.10. The third-order valence-corrected chi connectivity index (χ3v) is 6.72. The van der Waals surface area contributed by atoms with Gasteiger partial charge in [0.2, 0.25) is 0 Å². The van der Waals surface area contributed by atoms with E-state index in [0.717, 1.165) is 4.47 Å². The normalized spacial score (nSPS) is 23.5. The number of carboxylic acid groups (broad SMARTS) is 2. The molecule has 1 aliphatic heterocycles. The number of aliphatic carboxylic acids is 2. The maximum atomic E-state index is 15.1. The fraction of sp³-hybridized carbons (Fsp3) is 0.400. The van der Waals surface area contributed by atoms with Crippen molar-refractivity contribution in [3.8, 4) is 6.07 Å². The van der Waals surface area contributed by atoms with Crippen molar-refractivity contribution in [3.63, 3.8) is 0 Å². The minimum Gasteiger partial charge on any atom is -0.480 e. The molecule has 1 heterocycles. The Balaban J connectivity index is 0.000000604. The molecule has 1 aliphatic rings. The van der Waals surface area contributed by atoms with Gasteiger partial charge in [-0.15, -0.1) is 0 Å². The summed E-state index contributed by atoms with van der Waals surface area (Å²) >= 11 is 9.44. The van der Waals surface area contributed by atoms with Crippen LogP contribution in [0.15, 0.2) is 46.9 Å². The smallest absolute Gasteiger partial charge is 0.480 e. The molecule has 3 N–H and O–H groups in total. The maximum Gasteiger partial charge on any atom is 0.490 e. The van der Waals surface area contributed by atoms with Gasteiger partial charge in [-0.1, -0.05) is 72.6 Å². The van der Waals surface area contributed by atoms with E-state index in [4.69, 9.17) is 21.5 Å². The Hall–Kier alpha value is -2.68. The van der Waals surface area contributed by atoms with Crippen molar-refractivity contribution in [2.24, 2.45) is 5.41 Å². The van der Waals surface area contributed by atoms with Crippen LogP contribution in [0.25, 0.3) is 0 Å². The molecule has 2 aromatic carbocycles. The molecule has 0 bridgehead atoms. The number of nitrogens with one attached hydrogen (secondary N) is 1. The van der Waals surface area contributed by atoms with Crippen molar-refractivity contribution in [3.05, 3.63) is 68.9 Å². The number of hydrogen-bond acceptors (Lipinski definition) is 4. The third kappa shape index (κ3) is 6.80. The van der Waals surface area contributed by atoms with E-state index in [0.29, 0.717) is 12.0 Å². The summed E-state index contributed by atoms with van der Waals surface area (Å²) < 4.78 is 47.7. The standard InChI is InChI=1S/C23H23BrClFN2O2.C2HF3O2/c1-22(2,3)11-17-23(12-27,13-7-9-14(24)10-8-13)18(20(28-17)21(29)30)15-5-4-6-16(25)19(15)26;3-2(4,5)1(6)7/h4-10,17-18,20,28H,11H2,1-3H3,(H,29,30);(H,6,7)/t17-,18-,20+,23-;/m0./s1. The molecule has 0 aromatic heterocycles. The molecule has 0 radical (unpaired) electrons. The average Bonchev–Trinajstić information content (AvgIpc) is 3.09. The molecule has 0 aliphatic carbocycles. The highest BCUT2D eigenvalue weighted by Crippen LogP contribution is 2.52. The molecule has 12 heteroatoms. The van der Waals surface area contributed by atoms with Crippen molar-refractivity contribution in [2.45, 2.75) is 56.8 Å². The Morgan fingerprint density at radius 3 is 2.11 bits per heavy atom. The topological polar surface area (TPSA) is 110 Å². The zero-order valence-electron chi connectivity index (χ0n) is 19.9. The van der Waals surface area contributed by atoms with Gasteiger partial charge in [-0.3, -0.25) is 10.1 Å². The summed E-state index contributed by atoms with van der Waals surface area (Å²) in [5.74, 6) is -5.54. The van der Waals surface area contributed by atoms with Crippen molar-refractivity contribution in [2.75, 3.05) is 0 Å². The van der Waals surface area contributed by atoms with Crippen LogP contribution in [0.5, 0.6) is 0 Å². The minimum atomic E-state index is -5.08. The highest BCUT2D eigenvalue weighted by Gasteiger charge is 2.60. The van der Waals surface area contributed by atoms with Gasteiger partial charge in [-0.25, -0.2) is 9.18 Å². The van der Waals surface area contributed by atoms with Crippen LogP contribution in [-0.2, 0) is 15.0 Å². The lowest BCUT2D eigenvalue weighted by atomic mass is 9.63. The van der Waals surface area contributed by atoms with Crippen LogP contribution in [-0.4, -0.2) is 40.4 Å². The van der Waals surface area contributed by atoms with Crippen molar-refractivity contribution in [1.82, 2.24) is 5.32 Å². The predicted octanol–water partition coefficient (Wildman–Crippen LogP) is 6.28. The monoisotopic (exact) mass is 606 g/mol. The first-order chi connectivity index (χ1) is 17.0. The van der Waals surface area contributed by atoms with E-state index in [1.807, 2.05) is 32.9 Å². The van der Waals surface area contributed by atoms with Crippen molar-refractivity contribution in [1.29, 1.82) is 5.26 Å². The second-order valence-corrected chi connectivity index (χ2v) is 11.0. The maximum absolute atomic E-state index is 15.1. The van der Waals surface area contributed by atoms with Gasteiger partial charge in [0.25, 0.3) is 0 Å². The molecule has 200 valence electrons. The number of carboxylic acids is 2. The fourth-order valence-electron chi connectivity index (χ4n) is 4.47. The minimum absolute atomic E-state index is 0.0986. The predicted molar refractivity (Wildman–Crippen MR) is 132 cm³/mol. The summed E-state index contributed by atoms with van der Waals surface area (Å²) in [6.45, 7) is 6.09. The molecule has 2 aromatic rings. The van der Waals surface area contributed by atoms with Crippen LogP contribution >= 0.6 is 27.5 Å². The van der Waals surface area contributed by atoms with Crippen LogP contribution in [0.2, 0.25) is 5.02 Å². The van der Waals surface area contributed by atoms with Gasteiger partial charge < -0.3 is 10.2 Å². The number of benzene rings is 2. The molecule has 37 heavy (non-hydrogen) atoms. The number of halogens is 6. The molecular formula is C25H24BrClF4N2O4. The quantitative estimate of drug-likeness (QED) is 0.353. The van der Waals surface area contributed by atoms with Crippen LogP contribution in [0.3, 0.4) is 0 Å². The lowest BCUT2D eigenvalue weighted by molar-refractivity contribution is -0.192. The fourth-order valence-corrected chi connectivity index (χ4v) is 4.92. The van der Waals surface area contributed by atoms with E-state index in [-0.39, 0.29) is 16.0 Å². The van der Waals surface area contributed by atoms with Crippen LogP contribution < -0.4 is 5.32 Å². The molecule has 4 atom stereocenters. The van der Waals surface area contributed by atoms with Gasteiger partial charge in [-0.05, 0) is 41.2 Å². The molecule has 0 amide bonds. The van der Waals surface area contributed by atoms with Gasteiger partial charge in [0, 0.05) is 16.4 Å². The van der Waals surface area contributed by atoms with E-state index < -0.39 is 47.3 Å². The molecule has 1 fully saturated rings. The Morgan fingerprint density at radius 2 is 1.68 bits per heavy atom. The van der Waals surface area contributed by atoms with Gasteiger partial charge in [0.15, 0.2) is 0 Å². The number of carbonyl (C=O) groups is 2. The van der Waals surface area contributed by atoms with Gasteiger partial charge in [-0.2, -0.15) is 18.4 Å². The number of nitrogens with zero attached hydrogens (tertiary/aromatic N) is 1. The van der Waals surface area contributed by atoms with Crippen LogP contribution in [0.1, 0.15) is 44.2 Å². The first-order valence-electron chi connectivity index (χ1n) is 10.9. The lowest BCUT2D eigenvalue weighted by Crippen LogP contribution is -2.44. The first-order valence-corrected chi connectivity index (χ1v) is 12.0. The van der Waals surface area contributed by atoms with Gasteiger partial charge in [0.1, 0.15) is 17.3 Å². The zero-order valence-corrected chi connectivity index (χ0v) is 22.2. The number of rotatable bonds is 4. The Morgan fingerprint density at radius 1 is 1.14 bits per heavy atom. The summed E-state index contributed by atoms with van der Waals surface area (Å²) in [6, 6.07) is 12.5. The first kappa shape index (κ1) is 30.5.